The van der Waals surface area contributed by atoms with Crippen LogP contribution in [0.2, 0.25) is 0 Å². The van der Waals surface area contributed by atoms with Gasteiger partial charge in [0.2, 0.25) is 0 Å². The number of nitrogens with zero attached hydrogens (tertiary/aromatic N) is 2. The molecule has 3 heterocycles. The first-order valence-electron chi connectivity index (χ1n) is 7.36. The Morgan fingerprint density at radius 1 is 1.33 bits per heavy atom. The van der Waals surface area contributed by atoms with Crippen molar-refractivity contribution in [2.45, 2.75) is 51.1 Å². The highest BCUT2D eigenvalue weighted by molar-refractivity contribution is 9.10. The van der Waals surface area contributed by atoms with Crippen molar-refractivity contribution in [3.8, 4) is 0 Å². The van der Waals surface area contributed by atoms with Crippen LogP contribution in [0.15, 0.2) is 4.47 Å². The molecule has 0 spiro atoms. The number of rotatable bonds is 2. The number of hydrogen-bond donors (Lipinski definition) is 2. The van der Waals surface area contributed by atoms with Gasteiger partial charge in [-0.25, -0.2) is 0 Å². The van der Waals surface area contributed by atoms with Gasteiger partial charge in [-0.3, -0.25) is 9.89 Å². The summed E-state index contributed by atoms with van der Waals surface area (Å²) in [4.78, 5) is 14.9. The molecule has 1 aromatic rings. The van der Waals surface area contributed by atoms with Gasteiger partial charge in [0, 0.05) is 18.6 Å². The second-order valence-electron chi connectivity index (χ2n) is 6.04. The Labute approximate surface area is 139 Å². The molecule has 2 atom stereocenters. The highest BCUT2D eigenvalue weighted by Gasteiger charge is 2.39. The predicted octanol–water partition coefficient (Wildman–Crippen LogP) is 2.68. The molecular weight excluding hydrogens is 356 g/mol. The van der Waals surface area contributed by atoms with E-state index in [4.69, 9.17) is 0 Å². The fourth-order valence-electron chi connectivity index (χ4n) is 3.30. The Kier molecular flexibility index (Phi) is 5.33. The minimum Gasteiger partial charge on any atom is -0.330 e. The van der Waals surface area contributed by atoms with Gasteiger partial charge in [0.1, 0.15) is 0 Å². The first-order chi connectivity index (χ1) is 9.59. The number of nitrogens with one attached hydrogen (secondary N) is 2. The molecule has 2 fully saturated rings. The highest BCUT2D eigenvalue weighted by Crippen LogP contribution is 2.32. The molecule has 2 bridgehead atoms. The SMILES string of the molecule is CC(C)c1[nH]nc(C(=O)N2C3CCNCC2CC3)c1Br.Cl. The highest BCUT2D eigenvalue weighted by atomic mass is 79.9. The number of halogens is 2. The zero-order valence-electron chi connectivity index (χ0n) is 12.4. The third-order valence-electron chi connectivity index (χ3n) is 4.40. The van der Waals surface area contributed by atoms with Gasteiger partial charge in [-0.1, -0.05) is 13.8 Å². The molecule has 1 aromatic heterocycles. The van der Waals surface area contributed by atoms with Crippen molar-refractivity contribution in [3.63, 3.8) is 0 Å². The molecule has 2 saturated heterocycles. The first-order valence-corrected chi connectivity index (χ1v) is 8.16. The van der Waals surface area contributed by atoms with Crippen LogP contribution in [0.1, 0.15) is 55.2 Å². The lowest BCUT2D eigenvalue weighted by atomic mass is 10.1. The van der Waals surface area contributed by atoms with Gasteiger partial charge in [0.05, 0.1) is 10.2 Å². The van der Waals surface area contributed by atoms with Gasteiger partial charge in [-0.15, -0.1) is 12.4 Å². The van der Waals surface area contributed by atoms with Gasteiger partial charge >= 0.3 is 0 Å². The van der Waals surface area contributed by atoms with Crippen molar-refractivity contribution in [3.05, 3.63) is 15.9 Å². The van der Waals surface area contributed by atoms with E-state index in [0.29, 0.717) is 23.7 Å². The Balaban J connectivity index is 0.00000161. The van der Waals surface area contributed by atoms with Crippen molar-refractivity contribution in [2.75, 3.05) is 13.1 Å². The van der Waals surface area contributed by atoms with E-state index in [1.807, 2.05) is 0 Å². The van der Waals surface area contributed by atoms with Crippen molar-refractivity contribution < 1.29 is 4.79 Å². The van der Waals surface area contributed by atoms with Crippen LogP contribution < -0.4 is 5.32 Å². The van der Waals surface area contributed by atoms with Crippen LogP contribution in [0.25, 0.3) is 0 Å². The van der Waals surface area contributed by atoms with Gasteiger partial charge in [-0.2, -0.15) is 5.10 Å². The molecule has 3 rings (SSSR count). The fraction of sp³-hybridized carbons (Fsp3) is 0.714. The van der Waals surface area contributed by atoms with E-state index in [9.17, 15) is 4.79 Å². The summed E-state index contributed by atoms with van der Waals surface area (Å²) in [6, 6.07) is 0.690. The Hall–Kier alpha value is -0.590. The molecule has 0 aromatic carbocycles. The Morgan fingerprint density at radius 2 is 2.05 bits per heavy atom. The molecule has 0 aliphatic carbocycles. The van der Waals surface area contributed by atoms with E-state index in [1.165, 1.54) is 0 Å². The normalized spacial score (nSPS) is 24.9. The van der Waals surface area contributed by atoms with Crippen molar-refractivity contribution in [1.29, 1.82) is 0 Å². The maximum Gasteiger partial charge on any atom is 0.276 e. The molecule has 0 saturated carbocycles. The maximum absolute atomic E-state index is 12.9. The van der Waals surface area contributed by atoms with Crippen LogP contribution in [-0.4, -0.2) is 46.2 Å². The lowest BCUT2D eigenvalue weighted by Crippen LogP contribution is -2.42. The van der Waals surface area contributed by atoms with Crippen molar-refractivity contribution >= 4 is 34.2 Å². The second kappa shape index (κ2) is 6.67. The average molecular weight is 378 g/mol. The molecule has 118 valence electrons. The minimum atomic E-state index is 0. The summed E-state index contributed by atoms with van der Waals surface area (Å²) in [6.45, 7) is 6.09. The van der Waals surface area contributed by atoms with E-state index in [-0.39, 0.29) is 18.3 Å². The van der Waals surface area contributed by atoms with Crippen molar-refractivity contribution in [2.24, 2.45) is 0 Å². The molecule has 0 radical (unpaired) electrons. The molecular formula is C14H22BrClN4O. The van der Waals surface area contributed by atoms with E-state index in [2.05, 4.69) is 50.2 Å². The summed E-state index contributed by atoms with van der Waals surface area (Å²) in [6.07, 6.45) is 3.26. The molecule has 21 heavy (non-hydrogen) atoms. The number of carbonyl (C=O) groups excluding carboxylic acids is 1. The zero-order valence-corrected chi connectivity index (χ0v) is 14.8. The number of carbonyl (C=O) groups is 1. The monoisotopic (exact) mass is 376 g/mol. The Morgan fingerprint density at radius 3 is 2.71 bits per heavy atom. The molecule has 7 heteroatoms. The summed E-state index contributed by atoms with van der Waals surface area (Å²) < 4.78 is 0.828. The number of aromatic amines is 1. The van der Waals surface area contributed by atoms with E-state index in [0.717, 1.165) is 42.5 Å². The number of aromatic nitrogens is 2. The van der Waals surface area contributed by atoms with Gasteiger partial charge in [0.25, 0.3) is 5.91 Å². The summed E-state index contributed by atoms with van der Waals surface area (Å²) >= 11 is 3.54. The van der Waals surface area contributed by atoms with Crippen LogP contribution in [0.3, 0.4) is 0 Å². The van der Waals surface area contributed by atoms with Crippen LogP contribution in [-0.2, 0) is 0 Å². The molecule has 1 amide bonds. The fourth-order valence-corrected chi connectivity index (χ4v) is 4.11. The van der Waals surface area contributed by atoms with E-state index < -0.39 is 0 Å². The molecule has 5 nitrogen and oxygen atoms in total. The summed E-state index contributed by atoms with van der Waals surface area (Å²) in [5.74, 6) is 0.386. The summed E-state index contributed by atoms with van der Waals surface area (Å²) in [5, 5.41) is 10.7. The lowest BCUT2D eigenvalue weighted by Gasteiger charge is -2.27. The maximum atomic E-state index is 12.9. The van der Waals surface area contributed by atoms with Crippen LogP contribution in [0.5, 0.6) is 0 Å². The van der Waals surface area contributed by atoms with Gasteiger partial charge < -0.3 is 10.2 Å². The van der Waals surface area contributed by atoms with Gasteiger partial charge in [-0.05, 0) is 47.7 Å². The third-order valence-corrected chi connectivity index (χ3v) is 5.20. The molecule has 2 aliphatic heterocycles. The standard InChI is InChI=1S/C14H21BrN4O.ClH/c1-8(2)12-11(15)13(18-17-12)14(20)19-9-3-4-10(19)7-16-6-5-9;/h8-10,16H,3-7H2,1-2H3,(H,17,18);1H. The molecule has 2 N–H and O–H groups in total. The smallest absolute Gasteiger partial charge is 0.276 e. The van der Waals surface area contributed by atoms with E-state index in [1.54, 1.807) is 0 Å². The largest absolute Gasteiger partial charge is 0.330 e. The van der Waals surface area contributed by atoms with Crippen molar-refractivity contribution in [1.82, 2.24) is 20.4 Å². The quantitative estimate of drug-likeness (QED) is 0.833. The first kappa shape index (κ1) is 16.8. The third kappa shape index (κ3) is 2.98. The predicted molar refractivity (Wildman–Crippen MR) is 88.1 cm³/mol. The second-order valence-corrected chi connectivity index (χ2v) is 6.84. The van der Waals surface area contributed by atoms with Crippen LogP contribution in [0, 0.1) is 0 Å². The number of hydrogen-bond acceptors (Lipinski definition) is 3. The number of amides is 1. The Bertz CT molecular complexity index is 505. The number of H-pyrrole nitrogens is 1. The summed E-state index contributed by atoms with van der Waals surface area (Å²) in [7, 11) is 0. The van der Waals surface area contributed by atoms with E-state index >= 15 is 0 Å². The van der Waals surface area contributed by atoms with Crippen LogP contribution in [0.4, 0.5) is 0 Å². The van der Waals surface area contributed by atoms with Crippen LogP contribution >= 0.6 is 28.3 Å². The average Bonchev–Trinajstić information content (AvgIpc) is 2.88. The summed E-state index contributed by atoms with van der Waals surface area (Å²) in [5.41, 5.74) is 1.53. The van der Waals surface area contributed by atoms with Gasteiger partial charge in [0.15, 0.2) is 5.69 Å². The minimum absolute atomic E-state index is 0. The lowest BCUT2D eigenvalue weighted by molar-refractivity contribution is 0.0673. The molecule has 2 unspecified atom stereocenters. The molecule has 2 aliphatic rings. The topological polar surface area (TPSA) is 61.0 Å². The number of fused-ring (bicyclic) bond motifs is 2. The zero-order chi connectivity index (χ0) is 14.3.